The summed E-state index contributed by atoms with van der Waals surface area (Å²) in [5.41, 5.74) is 12.9. The van der Waals surface area contributed by atoms with Gasteiger partial charge in [-0.05, 0) is 96.6 Å². The van der Waals surface area contributed by atoms with Crippen LogP contribution in [0.15, 0.2) is 200 Å². The Bertz CT molecular complexity index is 4240. The minimum atomic E-state index is 0.312. The van der Waals surface area contributed by atoms with Crippen LogP contribution in [0, 0.1) is 31.0 Å². The van der Waals surface area contributed by atoms with Gasteiger partial charge in [-0.2, -0.15) is 5.26 Å². The normalized spacial score (nSPS) is 11.3. The smallest absolute Gasteiger partial charge is 0.211 e. The van der Waals surface area contributed by atoms with Gasteiger partial charge in [-0.3, -0.25) is 0 Å². The number of aromatic nitrogens is 5. The maximum Gasteiger partial charge on any atom is 0.211 e. The zero-order valence-electron chi connectivity index (χ0n) is 37.6. The Kier molecular flexibility index (Phi) is 9.19. The van der Waals surface area contributed by atoms with Gasteiger partial charge in [0.05, 0.1) is 81.5 Å². The van der Waals surface area contributed by atoms with Gasteiger partial charge >= 0.3 is 0 Å². The molecule has 0 unspecified atom stereocenters. The number of para-hydroxylation sites is 4. The Labute approximate surface area is 406 Å². The number of hydrogen-bond donors (Lipinski definition) is 0. The highest BCUT2D eigenvalue weighted by Crippen LogP contribution is 2.43. The fourth-order valence-corrected chi connectivity index (χ4v) is 10.4. The molecule has 4 aromatic heterocycles. The highest BCUT2D eigenvalue weighted by Gasteiger charge is 2.23. The van der Waals surface area contributed by atoms with E-state index in [0.717, 1.165) is 55.2 Å². The zero-order chi connectivity index (χ0) is 47.7. The van der Waals surface area contributed by atoms with E-state index in [2.05, 4.69) is 168 Å². The van der Waals surface area contributed by atoms with E-state index >= 15 is 0 Å². The molecule has 71 heavy (non-hydrogen) atoms. The van der Waals surface area contributed by atoms with Gasteiger partial charge in [0, 0.05) is 54.8 Å². The molecule has 0 atom stereocenters. The Morgan fingerprint density at radius 2 is 0.859 bits per heavy atom. The van der Waals surface area contributed by atoms with Gasteiger partial charge in [-0.1, -0.05) is 109 Å². The molecule has 0 saturated heterocycles. The Morgan fingerprint density at radius 3 is 1.35 bits per heavy atom. The van der Waals surface area contributed by atoms with Crippen LogP contribution in [-0.2, 0) is 0 Å². The number of nitrogens with zero attached hydrogens (tertiary/aromatic N) is 9. The molecule has 326 valence electrons. The van der Waals surface area contributed by atoms with Crippen molar-refractivity contribution in [2.24, 2.45) is 0 Å². The molecule has 0 aliphatic heterocycles. The van der Waals surface area contributed by atoms with E-state index in [4.69, 9.17) is 29.7 Å². The summed E-state index contributed by atoms with van der Waals surface area (Å²) in [6, 6.07) is 69.0. The van der Waals surface area contributed by atoms with Crippen LogP contribution >= 0.6 is 0 Å². The third-order valence-electron chi connectivity index (χ3n) is 13.5. The van der Waals surface area contributed by atoms with Crippen molar-refractivity contribution in [2.45, 2.75) is 0 Å². The predicted molar refractivity (Wildman–Crippen MR) is 285 cm³/mol. The second-order valence-corrected chi connectivity index (χ2v) is 17.4. The van der Waals surface area contributed by atoms with E-state index in [1.54, 1.807) is 54.6 Å². The zero-order valence-corrected chi connectivity index (χ0v) is 37.6. The SMILES string of the molecule is [C-]#[N+]c1cccc(-c2cc(-c3cc([N+]#[C-])c(-n4c5ccc(-n6c7ccccc7c7ccccc76)cc5c5cc(-n6c7ccccc7c7ccccc76)ccc54)cc3C#N)nc(-c3cccc([N+]#[C-])c3)n2)c1. The lowest BCUT2D eigenvalue weighted by Gasteiger charge is -2.15. The summed E-state index contributed by atoms with van der Waals surface area (Å²) in [4.78, 5) is 21.4. The van der Waals surface area contributed by atoms with Crippen LogP contribution in [0.1, 0.15) is 5.56 Å². The van der Waals surface area contributed by atoms with Crippen molar-refractivity contribution in [3.8, 4) is 57.0 Å². The standard InChI is InChI=1S/C62H33N9/c1-64-41-16-12-14-38(30-41)52-36-53(68-62(67-52)39-15-13-17-42(31-39)65-2)49-35-54(66-3)61(32-40(49)37-63)71-59-28-26-43(69-55-22-8-4-18-45(55)46-19-5-9-23-56(46)69)33-50(59)51-34-44(27-29-60(51)71)70-57-24-10-6-20-47(57)48-21-7-11-25-58(48)70/h4-36H. The summed E-state index contributed by atoms with van der Waals surface area (Å²) in [5.74, 6) is 0.342. The molecule has 0 aliphatic carbocycles. The Balaban J connectivity index is 1.07. The van der Waals surface area contributed by atoms with Crippen LogP contribution in [0.3, 0.4) is 0 Å². The third-order valence-corrected chi connectivity index (χ3v) is 13.5. The molecule has 0 bridgehead atoms. The first-order valence-electron chi connectivity index (χ1n) is 22.9. The van der Waals surface area contributed by atoms with Crippen molar-refractivity contribution in [1.82, 2.24) is 23.7 Å². The van der Waals surface area contributed by atoms with Gasteiger partial charge in [-0.25, -0.2) is 24.5 Å². The van der Waals surface area contributed by atoms with Crippen molar-refractivity contribution in [3.63, 3.8) is 0 Å². The fraction of sp³-hybridized carbons (Fsp3) is 0. The first kappa shape index (κ1) is 40.7. The third kappa shape index (κ3) is 6.37. The van der Waals surface area contributed by atoms with E-state index in [1.807, 2.05) is 12.1 Å². The second kappa shape index (κ2) is 16.0. The molecule has 4 heterocycles. The molecule has 0 amide bonds. The number of hydrogen-bond acceptors (Lipinski definition) is 3. The summed E-state index contributed by atoms with van der Waals surface area (Å²) >= 11 is 0. The Hall–Kier alpha value is -10.6. The minimum Gasteiger partial charge on any atom is -0.319 e. The lowest BCUT2D eigenvalue weighted by atomic mass is 10.00. The first-order valence-corrected chi connectivity index (χ1v) is 22.9. The van der Waals surface area contributed by atoms with Crippen LogP contribution in [0.25, 0.3) is 131 Å². The van der Waals surface area contributed by atoms with Crippen LogP contribution < -0.4 is 0 Å². The molecular formula is C62H33N9. The van der Waals surface area contributed by atoms with E-state index in [9.17, 15) is 5.26 Å². The molecular weight excluding hydrogens is 871 g/mol. The number of rotatable bonds is 6. The van der Waals surface area contributed by atoms with E-state index < -0.39 is 0 Å². The number of nitriles is 1. The summed E-state index contributed by atoms with van der Waals surface area (Å²) < 4.78 is 6.74. The lowest BCUT2D eigenvalue weighted by Crippen LogP contribution is -2.00. The summed E-state index contributed by atoms with van der Waals surface area (Å²) in [6.07, 6.45) is 0. The van der Waals surface area contributed by atoms with Crippen molar-refractivity contribution in [3.05, 3.63) is 240 Å². The number of benzene rings is 9. The van der Waals surface area contributed by atoms with Crippen LogP contribution in [-0.4, -0.2) is 23.7 Å². The average Bonchev–Trinajstić information content (AvgIpc) is 4.07. The molecule has 0 radical (unpaired) electrons. The molecule has 0 fully saturated rings. The highest BCUT2D eigenvalue weighted by molar-refractivity contribution is 6.14. The maximum absolute atomic E-state index is 11.1. The van der Waals surface area contributed by atoms with Gasteiger partial charge < -0.3 is 13.7 Å². The number of fused-ring (bicyclic) bond motifs is 9. The molecule has 13 rings (SSSR count). The second-order valence-electron chi connectivity index (χ2n) is 17.4. The molecule has 9 aromatic carbocycles. The minimum absolute atomic E-state index is 0.312. The molecule has 9 heteroatoms. The largest absolute Gasteiger partial charge is 0.319 e. The molecule has 0 saturated carbocycles. The van der Waals surface area contributed by atoms with Crippen LogP contribution in [0.2, 0.25) is 0 Å². The van der Waals surface area contributed by atoms with E-state index in [1.165, 1.54) is 21.5 Å². The highest BCUT2D eigenvalue weighted by atomic mass is 15.0. The molecule has 0 N–H and O–H groups in total. The van der Waals surface area contributed by atoms with Crippen LogP contribution in [0.4, 0.5) is 17.1 Å². The predicted octanol–water partition coefficient (Wildman–Crippen LogP) is 16.3. The van der Waals surface area contributed by atoms with E-state index in [-0.39, 0.29) is 0 Å². The first-order chi connectivity index (χ1) is 35.0. The summed E-state index contributed by atoms with van der Waals surface area (Å²) in [7, 11) is 0. The van der Waals surface area contributed by atoms with Gasteiger partial charge in [0.15, 0.2) is 17.2 Å². The van der Waals surface area contributed by atoms with Gasteiger partial charge in [0.2, 0.25) is 5.69 Å². The van der Waals surface area contributed by atoms with Crippen molar-refractivity contribution < 1.29 is 0 Å². The van der Waals surface area contributed by atoms with Gasteiger partial charge in [0.1, 0.15) is 0 Å². The summed E-state index contributed by atoms with van der Waals surface area (Å²) in [6.45, 7) is 24.1. The van der Waals surface area contributed by atoms with Crippen molar-refractivity contribution >= 4 is 82.5 Å². The van der Waals surface area contributed by atoms with Gasteiger partial charge in [0.25, 0.3) is 0 Å². The fourth-order valence-electron chi connectivity index (χ4n) is 10.4. The van der Waals surface area contributed by atoms with Crippen LogP contribution in [0.5, 0.6) is 0 Å². The van der Waals surface area contributed by atoms with Gasteiger partial charge in [-0.15, -0.1) is 0 Å². The topological polar surface area (TPSA) is 77.4 Å². The molecule has 0 aliphatic rings. The molecule has 9 nitrogen and oxygen atoms in total. The molecule has 0 spiro atoms. The molecule has 13 aromatic rings. The quantitative estimate of drug-likeness (QED) is 0.156. The monoisotopic (exact) mass is 903 g/mol. The van der Waals surface area contributed by atoms with E-state index in [0.29, 0.717) is 62.2 Å². The van der Waals surface area contributed by atoms with Crippen molar-refractivity contribution in [1.29, 1.82) is 5.26 Å². The summed E-state index contributed by atoms with van der Waals surface area (Å²) in [5, 5.41) is 17.7. The maximum atomic E-state index is 11.1. The Morgan fingerprint density at radius 1 is 0.394 bits per heavy atom. The average molecular weight is 904 g/mol. The lowest BCUT2D eigenvalue weighted by molar-refractivity contribution is 1.16. The van der Waals surface area contributed by atoms with Crippen molar-refractivity contribution in [2.75, 3.05) is 0 Å².